The van der Waals surface area contributed by atoms with E-state index in [0.29, 0.717) is 28.0 Å². The highest BCUT2D eigenvalue weighted by Gasteiger charge is 2.17. The molecule has 0 spiro atoms. The number of anilines is 1. The number of benzene rings is 2. The molecule has 0 unspecified atom stereocenters. The number of fused-ring (bicyclic) bond motifs is 1. The van der Waals surface area contributed by atoms with Gasteiger partial charge in [-0.05, 0) is 39.5 Å². The molecule has 0 saturated heterocycles. The molecule has 0 aliphatic rings. The van der Waals surface area contributed by atoms with Crippen LogP contribution >= 0.6 is 27.7 Å². The second kappa shape index (κ2) is 8.67. The molecule has 29 heavy (non-hydrogen) atoms. The quantitative estimate of drug-likeness (QED) is 0.291. The predicted octanol–water partition coefficient (Wildman–Crippen LogP) is 5.37. The summed E-state index contributed by atoms with van der Waals surface area (Å²) in [4.78, 5) is 12.5. The Balaban J connectivity index is 1.49. The molecule has 4 rings (SSSR count). The molecular formula is C21H17BrN4O2S. The Hall–Kier alpha value is -2.84. The van der Waals surface area contributed by atoms with Gasteiger partial charge in [-0.2, -0.15) is 0 Å². The van der Waals surface area contributed by atoms with E-state index in [1.165, 1.54) is 11.8 Å². The molecule has 0 radical (unpaired) electrons. The van der Waals surface area contributed by atoms with Crippen LogP contribution in [0.5, 0.6) is 0 Å². The lowest BCUT2D eigenvalue weighted by Gasteiger charge is -2.09. The molecule has 8 heteroatoms. The summed E-state index contributed by atoms with van der Waals surface area (Å²) in [6, 6.07) is 17.4. The van der Waals surface area contributed by atoms with Crippen LogP contribution in [0.2, 0.25) is 0 Å². The lowest BCUT2D eigenvalue weighted by Crippen LogP contribution is -2.15. The third-order valence-corrected chi connectivity index (χ3v) is 5.61. The van der Waals surface area contributed by atoms with Crippen molar-refractivity contribution in [1.29, 1.82) is 0 Å². The first kappa shape index (κ1) is 19.5. The van der Waals surface area contributed by atoms with Gasteiger partial charge in [0.2, 0.25) is 11.7 Å². The molecule has 6 nitrogen and oxygen atoms in total. The summed E-state index contributed by atoms with van der Waals surface area (Å²) < 4.78 is 8.07. The van der Waals surface area contributed by atoms with Crippen molar-refractivity contribution in [3.8, 4) is 11.6 Å². The zero-order chi connectivity index (χ0) is 20.2. The van der Waals surface area contributed by atoms with Crippen LogP contribution in [0.3, 0.4) is 0 Å². The summed E-state index contributed by atoms with van der Waals surface area (Å²) in [5.41, 5.74) is 0.794. The van der Waals surface area contributed by atoms with Gasteiger partial charge in [0.05, 0.1) is 5.75 Å². The van der Waals surface area contributed by atoms with E-state index in [-0.39, 0.29) is 11.7 Å². The maximum absolute atomic E-state index is 12.5. The van der Waals surface area contributed by atoms with E-state index in [4.69, 9.17) is 4.42 Å². The number of rotatable bonds is 7. The van der Waals surface area contributed by atoms with E-state index in [0.717, 1.165) is 16.5 Å². The van der Waals surface area contributed by atoms with Crippen LogP contribution in [-0.2, 0) is 11.3 Å². The monoisotopic (exact) mass is 468 g/mol. The molecule has 2 aromatic carbocycles. The summed E-state index contributed by atoms with van der Waals surface area (Å²) in [7, 11) is 0. The Labute approximate surface area is 180 Å². The summed E-state index contributed by atoms with van der Waals surface area (Å²) in [6.07, 6.45) is 1.76. The number of furan rings is 1. The number of carbonyl (C=O) groups excluding carboxylic acids is 1. The topological polar surface area (TPSA) is 73.0 Å². The molecule has 1 amide bonds. The fourth-order valence-corrected chi connectivity index (χ4v) is 4.01. The Kier molecular flexibility index (Phi) is 5.82. The van der Waals surface area contributed by atoms with Gasteiger partial charge in [0.15, 0.2) is 15.6 Å². The predicted molar refractivity (Wildman–Crippen MR) is 119 cm³/mol. The normalized spacial score (nSPS) is 10.9. The van der Waals surface area contributed by atoms with Crippen LogP contribution < -0.4 is 5.32 Å². The van der Waals surface area contributed by atoms with Crippen molar-refractivity contribution in [3.63, 3.8) is 0 Å². The van der Waals surface area contributed by atoms with Gasteiger partial charge < -0.3 is 9.73 Å². The zero-order valence-electron chi connectivity index (χ0n) is 15.3. The van der Waals surface area contributed by atoms with Gasteiger partial charge in [0, 0.05) is 17.6 Å². The van der Waals surface area contributed by atoms with E-state index >= 15 is 0 Å². The van der Waals surface area contributed by atoms with Crippen molar-refractivity contribution in [2.24, 2.45) is 0 Å². The summed E-state index contributed by atoms with van der Waals surface area (Å²) >= 11 is 4.61. The van der Waals surface area contributed by atoms with Crippen molar-refractivity contribution >= 4 is 50.1 Å². The van der Waals surface area contributed by atoms with Gasteiger partial charge in [0.25, 0.3) is 0 Å². The number of amides is 1. The molecule has 1 N–H and O–H groups in total. The minimum atomic E-state index is -0.109. The van der Waals surface area contributed by atoms with Gasteiger partial charge in [-0.1, -0.05) is 54.2 Å². The first-order valence-corrected chi connectivity index (χ1v) is 10.6. The molecule has 0 bridgehead atoms. The van der Waals surface area contributed by atoms with E-state index in [1.54, 1.807) is 12.1 Å². The van der Waals surface area contributed by atoms with E-state index in [1.807, 2.05) is 53.1 Å². The van der Waals surface area contributed by atoms with Gasteiger partial charge >= 0.3 is 0 Å². The molecule has 0 fully saturated rings. The van der Waals surface area contributed by atoms with Crippen LogP contribution in [0.1, 0.15) is 0 Å². The zero-order valence-corrected chi connectivity index (χ0v) is 17.7. The Morgan fingerprint density at radius 1 is 1.17 bits per heavy atom. The van der Waals surface area contributed by atoms with Crippen LogP contribution in [0.25, 0.3) is 22.4 Å². The molecule has 2 heterocycles. The Morgan fingerprint density at radius 2 is 2.00 bits per heavy atom. The van der Waals surface area contributed by atoms with Crippen molar-refractivity contribution in [3.05, 3.63) is 71.9 Å². The average Bonchev–Trinajstić information content (AvgIpc) is 3.33. The molecular weight excluding hydrogens is 452 g/mol. The van der Waals surface area contributed by atoms with Gasteiger partial charge in [-0.15, -0.1) is 16.8 Å². The van der Waals surface area contributed by atoms with Crippen molar-refractivity contribution < 1.29 is 9.21 Å². The molecule has 0 aliphatic carbocycles. The number of hydrogen-bond donors (Lipinski definition) is 1. The van der Waals surface area contributed by atoms with E-state index in [9.17, 15) is 4.79 Å². The number of hydrogen-bond acceptors (Lipinski definition) is 5. The largest absolute Gasteiger partial charge is 0.446 e. The van der Waals surface area contributed by atoms with E-state index < -0.39 is 0 Å². The number of carbonyl (C=O) groups is 1. The highest BCUT2D eigenvalue weighted by molar-refractivity contribution is 9.10. The maximum atomic E-state index is 12.5. The molecule has 4 aromatic rings. The second-order valence-electron chi connectivity index (χ2n) is 6.17. The smallest absolute Gasteiger partial charge is 0.234 e. The van der Waals surface area contributed by atoms with Crippen molar-refractivity contribution in [2.75, 3.05) is 11.1 Å². The maximum Gasteiger partial charge on any atom is 0.234 e. The Morgan fingerprint density at radius 3 is 2.79 bits per heavy atom. The third-order valence-electron chi connectivity index (χ3n) is 4.22. The molecule has 146 valence electrons. The van der Waals surface area contributed by atoms with Crippen molar-refractivity contribution in [2.45, 2.75) is 11.7 Å². The number of halogens is 1. The summed E-state index contributed by atoms with van der Waals surface area (Å²) in [6.45, 7) is 4.30. The van der Waals surface area contributed by atoms with Crippen LogP contribution in [-0.4, -0.2) is 26.4 Å². The first-order valence-electron chi connectivity index (χ1n) is 8.86. The van der Waals surface area contributed by atoms with E-state index in [2.05, 4.69) is 38.0 Å². The van der Waals surface area contributed by atoms with Gasteiger partial charge in [-0.25, -0.2) is 0 Å². The highest BCUT2D eigenvalue weighted by Crippen LogP contribution is 2.28. The molecule has 2 aromatic heterocycles. The summed E-state index contributed by atoms with van der Waals surface area (Å²) in [5, 5.41) is 14.1. The third kappa shape index (κ3) is 4.28. The van der Waals surface area contributed by atoms with Crippen LogP contribution in [0, 0.1) is 0 Å². The molecule has 0 atom stereocenters. The molecule has 0 saturated carbocycles. The average molecular weight is 469 g/mol. The minimum Gasteiger partial charge on any atom is -0.446 e. The standard InChI is InChI=1S/C21H17BrN4O2S/c1-2-12-26-20(17-10-11-18(22)28-17)24-25-21(26)29-13-19(27)23-16-9-5-7-14-6-3-4-8-15(14)16/h2-11H,1,12-13H2,(H,23,27). The highest BCUT2D eigenvalue weighted by atomic mass is 79.9. The lowest BCUT2D eigenvalue weighted by molar-refractivity contribution is -0.113. The van der Waals surface area contributed by atoms with Gasteiger partial charge in [-0.3, -0.25) is 9.36 Å². The van der Waals surface area contributed by atoms with Crippen molar-refractivity contribution in [1.82, 2.24) is 14.8 Å². The number of nitrogens with one attached hydrogen (secondary N) is 1. The number of allylic oxidation sites excluding steroid dienone is 1. The first-order chi connectivity index (χ1) is 14.2. The van der Waals surface area contributed by atoms with Gasteiger partial charge in [0.1, 0.15) is 0 Å². The molecule has 0 aliphatic heterocycles. The number of thioether (sulfide) groups is 1. The second-order valence-corrected chi connectivity index (χ2v) is 7.90. The SMILES string of the molecule is C=CCn1c(SCC(=O)Nc2cccc3ccccc23)nnc1-c1ccc(Br)o1. The minimum absolute atomic E-state index is 0.109. The van der Waals surface area contributed by atoms with Crippen LogP contribution in [0.4, 0.5) is 5.69 Å². The number of aromatic nitrogens is 3. The Bertz CT molecular complexity index is 1180. The number of nitrogens with zero attached hydrogens (tertiary/aromatic N) is 3. The fourth-order valence-electron chi connectivity index (χ4n) is 2.96. The summed E-state index contributed by atoms with van der Waals surface area (Å²) in [5.74, 6) is 1.29. The van der Waals surface area contributed by atoms with Crippen LogP contribution in [0.15, 0.2) is 81.5 Å². The lowest BCUT2D eigenvalue weighted by atomic mass is 10.1. The fraction of sp³-hybridized carbons (Fsp3) is 0.0952.